The van der Waals surface area contributed by atoms with Crippen LogP contribution >= 0.6 is 0 Å². The van der Waals surface area contributed by atoms with Gasteiger partial charge in [-0.05, 0) is 37.7 Å². The molecule has 8 heteroatoms. The molecule has 8 nitrogen and oxygen atoms in total. The smallest absolute Gasteiger partial charge is 0.326 e. The zero-order valence-electron chi connectivity index (χ0n) is 17.9. The number of nitrogens with one attached hydrogen (secondary N) is 1. The molecule has 0 aliphatic carbocycles. The van der Waals surface area contributed by atoms with Gasteiger partial charge in [-0.1, -0.05) is 43.7 Å². The molecule has 1 aromatic carbocycles. The molecule has 2 aliphatic heterocycles. The molecular weight excluding hydrogens is 386 g/mol. The van der Waals surface area contributed by atoms with E-state index in [2.05, 4.69) is 19.2 Å². The lowest BCUT2D eigenvalue weighted by atomic mass is 9.91. The van der Waals surface area contributed by atoms with Gasteiger partial charge in [0.25, 0.3) is 11.8 Å². The molecule has 30 heavy (non-hydrogen) atoms. The fourth-order valence-electron chi connectivity index (χ4n) is 4.20. The van der Waals surface area contributed by atoms with Crippen molar-refractivity contribution in [3.05, 3.63) is 35.4 Å². The summed E-state index contributed by atoms with van der Waals surface area (Å²) in [7, 11) is 0. The maximum atomic E-state index is 12.9. The Kier molecular flexibility index (Phi) is 6.14. The van der Waals surface area contributed by atoms with Crippen LogP contribution in [-0.4, -0.2) is 59.9 Å². The Labute approximate surface area is 176 Å². The molecule has 2 fully saturated rings. The van der Waals surface area contributed by atoms with Crippen molar-refractivity contribution in [2.24, 2.45) is 11.8 Å². The number of benzene rings is 1. The van der Waals surface area contributed by atoms with Gasteiger partial charge in [-0.15, -0.1) is 0 Å². The largest absolute Gasteiger partial charge is 0.454 e. The molecule has 0 bridgehead atoms. The Hall–Kier alpha value is -2.90. The first-order valence-electron chi connectivity index (χ1n) is 10.2. The summed E-state index contributed by atoms with van der Waals surface area (Å²) in [5.74, 6) is -0.780. The molecule has 3 atom stereocenters. The van der Waals surface area contributed by atoms with Gasteiger partial charge in [-0.25, -0.2) is 4.79 Å². The summed E-state index contributed by atoms with van der Waals surface area (Å²) >= 11 is 0. The maximum absolute atomic E-state index is 12.9. The zero-order chi connectivity index (χ0) is 22.1. The summed E-state index contributed by atoms with van der Waals surface area (Å²) in [5.41, 5.74) is 0.411. The number of urea groups is 1. The number of imide groups is 1. The van der Waals surface area contributed by atoms with Gasteiger partial charge in [0, 0.05) is 13.1 Å². The fourth-order valence-corrected chi connectivity index (χ4v) is 4.20. The highest BCUT2D eigenvalue weighted by molar-refractivity contribution is 6.08. The number of rotatable bonds is 5. The Morgan fingerprint density at radius 3 is 2.33 bits per heavy atom. The molecule has 0 unspecified atom stereocenters. The average Bonchev–Trinajstić information content (AvgIpc) is 2.89. The van der Waals surface area contributed by atoms with E-state index < -0.39 is 36.6 Å². The fraction of sp³-hybridized carbons (Fsp3) is 0.545. The number of aryl methyl sites for hydroxylation is 1. The van der Waals surface area contributed by atoms with Crippen molar-refractivity contribution in [1.29, 1.82) is 0 Å². The highest BCUT2D eigenvalue weighted by Gasteiger charge is 2.49. The number of piperidine rings is 1. The molecule has 2 aliphatic rings. The maximum Gasteiger partial charge on any atom is 0.326 e. The van der Waals surface area contributed by atoms with Gasteiger partial charge in [0.05, 0.1) is 0 Å². The highest BCUT2D eigenvalue weighted by atomic mass is 16.5. The van der Waals surface area contributed by atoms with Crippen LogP contribution in [0.4, 0.5) is 4.79 Å². The topological polar surface area (TPSA) is 96.0 Å². The number of hydrogen-bond acceptors (Lipinski definition) is 5. The van der Waals surface area contributed by atoms with Crippen LogP contribution in [0.3, 0.4) is 0 Å². The SMILES string of the molecule is Cc1ccc([C@@]2(C)NC(=O)N(CC(=O)OCC(=O)N3C[C@@H](C)C[C@H](C)C3)C2=O)cc1. The molecule has 0 spiro atoms. The lowest BCUT2D eigenvalue weighted by Crippen LogP contribution is -2.45. The summed E-state index contributed by atoms with van der Waals surface area (Å²) in [6, 6.07) is 6.59. The van der Waals surface area contributed by atoms with E-state index in [4.69, 9.17) is 4.74 Å². The number of carbonyl (C=O) groups excluding carboxylic acids is 4. The van der Waals surface area contributed by atoms with E-state index >= 15 is 0 Å². The van der Waals surface area contributed by atoms with Crippen molar-refractivity contribution in [1.82, 2.24) is 15.1 Å². The summed E-state index contributed by atoms with van der Waals surface area (Å²) in [6.45, 7) is 8.06. The number of amides is 4. The standard InChI is InChI=1S/C22H29N3O5/c1-14-5-7-17(8-6-14)22(4)20(28)25(21(29)23-22)12-19(27)30-13-18(26)24-10-15(2)9-16(3)11-24/h5-8,15-16H,9-13H2,1-4H3,(H,23,29)/t15-,16-,22+/m0/s1. The Morgan fingerprint density at radius 2 is 1.73 bits per heavy atom. The summed E-state index contributed by atoms with van der Waals surface area (Å²) in [4.78, 5) is 52.3. The van der Waals surface area contributed by atoms with Crippen molar-refractivity contribution in [3.63, 3.8) is 0 Å². The van der Waals surface area contributed by atoms with Gasteiger partial charge < -0.3 is 15.0 Å². The molecule has 0 aromatic heterocycles. The van der Waals surface area contributed by atoms with Crippen LogP contribution in [0, 0.1) is 18.8 Å². The van der Waals surface area contributed by atoms with Crippen molar-refractivity contribution < 1.29 is 23.9 Å². The normalized spacial score (nSPS) is 26.5. The third-order valence-electron chi connectivity index (χ3n) is 5.77. The highest BCUT2D eigenvalue weighted by Crippen LogP contribution is 2.29. The summed E-state index contributed by atoms with van der Waals surface area (Å²) < 4.78 is 5.07. The quantitative estimate of drug-likeness (QED) is 0.585. The van der Waals surface area contributed by atoms with Crippen LogP contribution < -0.4 is 5.32 Å². The van der Waals surface area contributed by atoms with Crippen molar-refractivity contribution >= 4 is 23.8 Å². The first-order valence-corrected chi connectivity index (χ1v) is 10.2. The predicted molar refractivity (Wildman–Crippen MR) is 109 cm³/mol. The lowest BCUT2D eigenvalue weighted by Gasteiger charge is -2.34. The van der Waals surface area contributed by atoms with Crippen LogP contribution in [0.25, 0.3) is 0 Å². The Bertz CT molecular complexity index is 843. The van der Waals surface area contributed by atoms with Gasteiger partial charge in [-0.3, -0.25) is 19.3 Å². The number of hydrogen-bond donors (Lipinski definition) is 1. The summed E-state index contributed by atoms with van der Waals surface area (Å²) in [6.07, 6.45) is 1.06. The van der Waals surface area contributed by atoms with E-state index in [0.29, 0.717) is 30.5 Å². The van der Waals surface area contributed by atoms with Gasteiger partial charge in [0.1, 0.15) is 12.1 Å². The van der Waals surface area contributed by atoms with Crippen LogP contribution in [0.15, 0.2) is 24.3 Å². The number of esters is 1. The summed E-state index contributed by atoms with van der Waals surface area (Å²) in [5, 5.41) is 2.65. The van der Waals surface area contributed by atoms with E-state index in [1.54, 1.807) is 24.0 Å². The Balaban J connectivity index is 1.57. The van der Waals surface area contributed by atoms with Crippen molar-refractivity contribution in [2.45, 2.75) is 39.7 Å². The van der Waals surface area contributed by atoms with E-state index in [9.17, 15) is 19.2 Å². The van der Waals surface area contributed by atoms with Gasteiger partial charge in [0.15, 0.2) is 6.61 Å². The molecule has 0 saturated carbocycles. The van der Waals surface area contributed by atoms with Crippen LogP contribution in [-0.2, 0) is 24.7 Å². The Morgan fingerprint density at radius 1 is 1.13 bits per heavy atom. The number of nitrogens with zero attached hydrogens (tertiary/aromatic N) is 2. The second-order valence-electron chi connectivity index (χ2n) is 8.72. The van der Waals surface area contributed by atoms with E-state index in [1.165, 1.54) is 0 Å². The molecular formula is C22H29N3O5. The molecule has 3 rings (SSSR count). The van der Waals surface area contributed by atoms with E-state index in [1.807, 2.05) is 19.1 Å². The van der Waals surface area contributed by atoms with Crippen LogP contribution in [0.5, 0.6) is 0 Å². The van der Waals surface area contributed by atoms with Crippen molar-refractivity contribution in [3.8, 4) is 0 Å². The predicted octanol–water partition coefficient (Wildman–Crippen LogP) is 1.81. The number of likely N-dealkylation sites (tertiary alicyclic amines) is 1. The average molecular weight is 415 g/mol. The second kappa shape index (κ2) is 8.45. The molecule has 0 radical (unpaired) electrons. The first kappa shape index (κ1) is 21.8. The molecule has 4 amide bonds. The molecule has 2 heterocycles. The van der Waals surface area contributed by atoms with Crippen LogP contribution in [0.1, 0.15) is 38.3 Å². The van der Waals surface area contributed by atoms with Crippen LogP contribution in [0.2, 0.25) is 0 Å². The first-order chi connectivity index (χ1) is 14.1. The lowest BCUT2D eigenvalue weighted by molar-refractivity contribution is -0.154. The minimum atomic E-state index is -1.25. The molecule has 2 saturated heterocycles. The van der Waals surface area contributed by atoms with Crippen molar-refractivity contribution in [2.75, 3.05) is 26.2 Å². The molecule has 162 valence electrons. The minimum Gasteiger partial charge on any atom is -0.454 e. The monoisotopic (exact) mass is 415 g/mol. The second-order valence-corrected chi connectivity index (χ2v) is 8.72. The number of ether oxygens (including phenoxy) is 1. The van der Waals surface area contributed by atoms with Gasteiger partial charge >= 0.3 is 12.0 Å². The third-order valence-corrected chi connectivity index (χ3v) is 5.77. The third kappa shape index (κ3) is 4.47. The van der Waals surface area contributed by atoms with E-state index in [0.717, 1.165) is 16.9 Å². The van der Waals surface area contributed by atoms with Gasteiger partial charge in [-0.2, -0.15) is 0 Å². The van der Waals surface area contributed by atoms with E-state index in [-0.39, 0.29) is 5.91 Å². The molecule has 1 N–H and O–H groups in total. The molecule has 1 aromatic rings. The van der Waals surface area contributed by atoms with Gasteiger partial charge in [0.2, 0.25) is 0 Å². The number of carbonyl (C=O) groups is 4. The minimum absolute atomic E-state index is 0.261. The zero-order valence-corrected chi connectivity index (χ0v) is 17.9.